The molecule has 26 heavy (non-hydrogen) atoms. The quantitative estimate of drug-likeness (QED) is 0.310. The third-order valence-electron chi connectivity index (χ3n) is 5.33. The van der Waals surface area contributed by atoms with E-state index in [-0.39, 0.29) is 0 Å². The zero-order valence-corrected chi connectivity index (χ0v) is 16.0. The number of benzene rings is 3. The van der Waals surface area contributed by atoms with Crippen molar-refractivity contribution in [1.29, 1.82) is 0 Å². The topological polar surface area (TPSA) is 3.88 Å². The molecule has 1 nitrogen and oxygen atoms in total. The molecule has 2 aromatic heterocycles. The predicted molar refractivity (Wildman–Crippen MR) is 113 cm³/mol. The molecule has 0 aliphatic carbocycles. The van der Waals surface area contributed by atoms with Gasteiger partial charge in [-0.3, -0.25) is 0 Å². The molecule has 0 radical (unpaired) electrons. The van der Waals surface area contributed by atoms with E-state index in [1.807, 2.05) is 11.3 Å². The number of aryl methyl sites for hydroxylation is 3. The van der Waals surface area contributed by atoms with Crippen molar-refractivity contribution < 1.29 is 4.57 Å². The van der Waals surface area contributed by atoms with Gasteiger partial charge in [-0.05, 0) is 36.2 Å². The van der Waals surface area contributed by atoms with E-state index in [0.29, 0.717) is 0 Å². The van der Waals surface area contributed by atoms with Gasteiger partial charge in [-0.2, -0.15) is 4.57 Å². The lowest BCUT2D eigenvalue weighted by Crippen LogP contribution is -2.31. The Balaban J connectivity index is 2.01. The Hall–Kier alpha value is -2.71. The third kappa shape index (κ3) is 2.12. The minimum Gasteiger partial charge on any atom is -0.200 e. The molecule has 2 heterocycles. The summed E-state index contributed by atoms with van der Waals surface area (Å²) in [6.45, 7) is 4.43. The van der Waals surface area contributed by atoms with E-state index in [2.05, 4.69) is 92.3 Å². The number of fused-ring (bicyclic) bond motifs is 5. The van der Waals surface area contributed by atoms with E-state index in [1.165, 1.54) is 53.3 Å². The summed E-state index contributed by atoms with van der Waals surface area (Å²) in [5, 5.41) is 5.43. The van der Waals surface area contributed by atoms with Gasteiger partial charge in [0.2, 0.25) is 5.69 Å². The van der Waals surface area contributed by atoms with Crippen LogP contribution in [0.25, 0.3) is 42.2 Å². The van der Waals surface area contributed by atoms with Crippen LogP contribution < -0.4 is 4.57 Å². The van der Waals surface area contributed by atoms with Gasteiger partial charge in [0, 0.05) is 21.0 Å². The van der Waals surface area contributed by atoms with Gasteiger partial charge >= 0.3 is 0 Å². The van der Waals surface area contributed by atoms with Crippen LogP contribution in [0.1, 0.15) is 11.1 Å². The molecular weight excluding hydrogens is 334 g/mol. The van der Waals surface area contributed by atoms with Crippen LogP contribution in [0.15, 0.2) is 66.9 Å². The highest BCUT2D eigenvalue weighted by molar-refractivity contribution is 7.27. The summed E-state index contributed by atoms with van der Waals surface area (Å²) in [7, 11) is 2.16. The molecule has 126 valence electrons. The van der Waals surface area contributed by atoms with Crippen LogP contribution in [0.3, 0.4) is 0 Å². The molecule has 0 N–H and O–H groups in total. The van der Waals surface area contributed by atoms with Crippen molar-refractivity contribution in [2.45, 2.75) is 13.8 Å². The lowest BCUT2D eigenvalue weighted by molar-refractivity contribution is -0.659. The molecule has 2 heteroatoms. The summed E-state index contributed by atoms with van der Waals surface area (Å²) >= 11 is 1.93. The summed E-state index contributed by atoms with van der Waals surface area (Å²) in [6, 6.07) is 21.9. The molecular formula is C24H20NS+. The van der Waals surface area contributed by atoms with Crippen LogP contribution in [-0.4, -0.2) is 0 Å². The van der Waals surface area contributed by atoms with Crippen LogP contribution in [0.5, 0.6) is 0 Å². The van der Waals surface area contributed by atoms with Crippen molar-refractivity contribution in [1.82, 2.24) is 0 Å². The molecule has 0 spiro atoms. The molecule has 0 unspecified atom stereocenters. The number of thiophene rings is 1. The van der Waals surface area contributed by atoms with Gasteiger partial charge in [0.1, 0.15) is 11.7 Å². The summed E-state index contributed by atoms with van der Waals surface area (Å²) in [6.07, 6.45) is 2.27. The van der Waals surface area contributed by atoms with Crippen LogP contribution in [0, 0.1) is 13.8 Å². The van der Waals surface area contributed by atoms with Crippen LogP contribution in [-0.2, 0) is 7.05 Å². The van der Waals surface area contributed by atoms with E-state index in [1.54, 1.807) is 0 Å². The van der Waals surface area contributed by atoms with Gasteiger partial charge in [-0.25, -0.2) is 0 Å². The van der Waals surface area contributed by atoms with Crippen LogP contribution in [0.2, 0.25) is 0 Å². The Labute approximate surface area is 157 Å². The Morgan fingerprint density at radius 2 is 1.50 bits per heavy atom. The van der Waals surface area contributed by atoms with Crippen molar-refractivity contribution in [2.24, 2.45) is 7.05 Å². The SMILES string of the molecule is Cc1ccccc1-c1c2sc3c4ccccc4ccc3c2c(C)c[n+]1C. The second-order valence-electron chi connectivity index (χ2n) is 7.06. The maximum atomic E-state index is 2.30. The van der Waals surface area contributed by atoms with Crippen LogP contribution in [0.4, 0.5) is 0 Å². The second-order valence-corrected chi connectivity index (χ2v) is 8.08. The monoisotopic (exact) mass is 354 g/mol. The molecule has 0 saturated carbocycles. The largest absolute Gasteiger partial charge is 0.230 e. The standard InChI is InChI=1S/C24H20NS/c1-15-8-4-6-10-18(15)22-24-21(16(2)14-25(22)3)20-13-12-17-9-5-7-11-19(17)23(20)26-24/h4-14H,1-3H3/q+1. The highest BCUT2D eigenvalue weighted by Gasteiger charge is 2.22. The highest BCUT2D eigenvalue weighted by Crippen LogP contribution is 2.43. The summed E-state index contributed by atoms with van der Waals surface area (Å²) < 4.78 is 5.06. The van der Waals surface area contributed by atoms with Gasteiger partial charge in [-0.1, -0.05) is 54.6 Å². The molecule has 0 atom stereocenters. The third-order valence-corrected chi connectivity index (χ3v) is 6.58. The molecule has 5 aromatic rings. The average molecular weight is 354 g/mol. The minimum atomic E-state index is 1.31. The predicted octanol–water partition coefficient (Wildman–Crippen LogP) is 6.32. The molecule has 0 saturated heterocycles. The Morgan fingerprint density at radius 3 is 2.35 bits per heavy atom. The number of rotatable bonds is 1. The van der Waals surface area contributed by atoms with E-state index >= 15 is 0 Å². The Kier molecular flexibility index (Phi) is 3.38. The average Bonchev–Trinajstić information content (AvgIpc) is 3.03. The number of nitrogens with zero attached hydrogens (tertiary/aromatic N) is 1. The number of pyridine rings is 1. The molecule has 0 fully saturated rings. The van der Waals surface area contributed by atoms with Crippen molar-refractivity contribution in [3.8, 4) is 11.3 Å². The van der Waals surface area contributed by atoms with Gasteiger partial charge in [-0.15, -0.1) is 11.3 Å². The fourth-order valence-electron chi connectivity index (χ4n) is 4.11. The van der Waals surface area contributed by atoms with E-state index in [4.69, 9.17) is 0 Å². The summed E-state index contributed by atoms with van der Waals surface area (Å²) in [5.74, 6) is 0. The van der Waals surface area contributed by atoms with Crippen molar-refractivity contribution in [3.05, 3.63) is 78.0 Å². The zero-order chi connectivity index (χ0) is 17.8. The first-order chi connectivity index (χ1) is 12.6. The van der Waals surface area contributed by atoms with Crippen LogP contribution >= 0.6 is 11.3 Å². The van der Waals surface area contributed by atoms with E-state index in [9.17, 15) is 0 Å². The van der Waals surface area contributed by atoms with Gasteiger partial charge < -0.3 is 0 Å². The molecule has 0 amide bonds. The van der Waals surface area contributed by atoms with Crippen molar-refractivity contribution in [3.63, 3.8) is 0 Å². The van der Waals surface area contributed by atoms with Crippen molar-refractivity contribution in [2.75, 3.05) is 0 Å². The molecule has 5 rings (SSSR count). The molecule has 0 bridgehead atoms. The Bertz CT molecular complexity index is 1310. The zero-order valence-electron chi connectivity index (χ0n) is 15.2. The van der Waals surface area contributed by atoms with Gasteiger partial charge in [0.15, 0.2) is 6.20 Å². The summed E-state index contributed by atoms with van der Waals surface area (Å²) in [4.78, 5) is 0. The maximum absolute atomic E-state index is 2.30. The highest BCUT2D eigenvalue weighted by atomic mass is 32.1. The van der Waals surface area contributed by atoms with Gasteiger partial charge in [0.05, 0.1) is 5.56 Å². The fourth-order valence-corrected chi connectivity index (χ4v) is 5.62. The summed E-state index contributed by atoms with van der Waals surface area (Å²) in [5.41, 5.74) is 5.28. The molecule has 0 aliphatic heterocycles. The molecule has 0 aliphatic rings. The van der Waals surface area contributed by atoms with E-state index < -0.39 is 0 Å². The Morgan fingerprint density at radius 1 is 0.731 bits per heavy atom. The number of hydrogen-bond donors (Lipinski definition) is 0. The minimum absolute atomic E-state index is 1.31. The number of aromatic nitrogens is 1. The molecule has 3 aromatic carbocycles. The lowest BCUT2D eigenvalue weighted by Gasteiger charge is -2.07. The number of hydrogen-bond acceptors (Lipinski definition) is 1. The van der Waals surface area contributed by atoms with E-state index in [0.717, 1.165) is 0 Å². The normalized spacial score (nSPS) is 11.7. The first-order valence-corrected chi connectivity index (χ1v) is 9.76. The van der Waals surface area contributed by atoms with Gasteiger partial charge in [0.25, 0.3) is 0 Å². The smallest absolute Gasteiger partial charge is 0.200 e. The lowest BCUT2D eigenvalue weighted by atomic mass is 10.0. The van der Waals surface area contributed by atoms with Crippen molar-refractivity contribution >= 4 is 42.3 Å². The first-order valence-electron chi connectivity index (χ1n) is 8.94. The fraction of sp³-hybridized carbons (Fsp3) is 0.125. The second kappa shape index (κ2) is 5.65. The first kappa shape index (κ1) is 15.5. The maximum Gasteiger partial charge on any atom is 0.230 e.